The second-order valence-electron chi connectivity index (χ2n) is 5.67. The minimum Gasteiger partial charge on any atom is -0.480 e. The van der Waals surface area contributed by atoms with Gasteiger partial charge in [0.25, 0.3) is 0 Å². The zero-order valence-corrected chi connectivity index (χ0v) is 14.3. The van der Waals surface area contributed by atoms with Gasteiger partial charge in [0, 0.05) is 24.0 Å². The molecule has 0 aromatic heterocycles. The first kappa shape index (κ1) is 17.8. The molecule has 0 saturated carbocycles. The van der Waals surface area contributed by atoms with Gasteiger partial charge >= 0.3 is 5.97 Å². The van der Waals surface area contributed by atoms with Crippen molar-refractivity contribution in [3.8, 4) is 0 Å². The number of aliphatic carboxylic acids is 1. The van der Waals surface area contributed by atoms with Gasteiger partial charge in [-0.05, 0) is 31.5 Å². The Balaban J connectivity index is 1.77. The van der Waals surface area contributed by atoms with E-state index >= 15 is 0 Å². The van der Waals surface area contributed by atoms with Crippen LogP contribution in [0.15, 0.2) is 35.2 Å². The lowest BCUT2D eigenvalue weighted by atomic mass is 10.0. The SMILES string of the molecule is CCN(CC(=O)O)C1CCN(C(=O)CSc2ccccc2)CC1. The number of nitrogens with zero attached hydrogens (tertiary/aromatic N) is 2. The fourth-order valence-corrected chi connectivity index (χ4v) is 3.73. The van der Waals surface area contributed by atoms with Crippen molar-refractivity contribution in [1.29, 1.82) is 0 Å². The van der Waals surface area contributed by atoms with E-state index in [1.165, 1.54) is 0 Å². The van der Waals surface area contributed by atoms with Crippen molar-refractivity contribution in [1.82, 2.24) is 9.80 Å². The molecule has 6 heteroatoms. The summed E-state index contributed by atoms with van der Waals surface area (Å²) in [5.41, 5.74) is 0. The second kappa shape index (κ2) is 8.93. The number of likely N-dealkylation sites (tertiary alicyclic amines) is 1. The van der Waals surface area contributed by atoms with Crippen LogP contribution in [0.3, 0.4) is 0 Å². The first-order valence-corrected chi connectivity index (χ1v) is 9.00. The number of rotatable bonds is 7. The topological polar surface area (TPSA) is 60.9 Å². The first-order chi connectivity index (χ1) is 11.1. The van der Waals surface area contributed by atoms with E-state index in [2.05, 4.69) is 0 Å². The Morgan fingerprint density at radius 2 is 1.91 bits per heavy atom. The molecular formula is C17H24N2O3S. The van der Waals surface area contributed by atoms with Crippen LogP contribution < -0.4 is 0 Å². The zero-order chi connectivity index (χ0) is 16.7. The molecule has 0 spiro atoms. The third-order valence-electron chi connectivity index (χ3n) is 4.18. The van der Waals surface area contributed by atoms with Crippen LogP contribution in [0.1, 0.15) is 19.8 Å². The molecule has 0 aliphatic carbocycles. The molecule has 1 fully saturated rings. The molecule has 0 radical (unpaired) electrons. The molecule has 1 aromatic rings. The van der Waals surface area contributed by atoms with E-state index < -0.39 is 5.97 Å². The van der Waals surface area contributed by atoms with E-state index in [0.717, 1.165) is 37.4 Å². The molecule has 0 bridgehead atoms. The molecule has 1 aliphatic rings. The Hall–Kier alpha value is -1.53. The average Bonchev–Trinajstić information content (AvgIpc) is 2.58. The second-order valence-corrected chi connectivity index (χ2v) is 6.72. The van der Waals surface area contributed by atoms with Crippen LogP contribution in [0.4, 0.5) is 0 Å². The average molecular weight is 336 g/mol. The lowest BCUT2D eigenvalue weighted by Gasteiger charge is -2.37. The standard InChI is InChI=1S/C17H24N2O3S/c1-2-18(12-17(21)22)14-8-10-19(11-9-14)16(20)13-23-15-6-4-3-5-7-15/h3-7,14H,2,8-13H2,1H3,(H,21,22). The van der Waals surface area contributed by atoms with Gasteiger partial charge in [0.05, 0.1) is 12.3 Å². The molecule has 1 amide bonds. The Morgan fingerprint density at radius 1 is 1.26 bits per heavy atom. The maximum absolute atomic E-state index is 12.3. The van der Waals surface area contributed by atoms with Gasteiger partial charge in [-0.25, -0.2) is 0 Å². The van der Waals surface area contributed by atoms with Crippen molar-refractivity contribution in [3.63, 3.8) is 0 Å². The number of carbonyl (C=O) groups excluding carboxylic acids is 1. The minimum atomic E-state index is -0.787. The summed E-state index contributed by atoms with van der Waals surface area (Å²) in [7, 11) is 0. The van der Waals surface area contributed by atoms with E-state index in [-0.39, 0.29) is 18.5 Å². The molecular weight excluding hydrogens is 312 g/mol. The van der Waals surface area contributed by atoms with Crippen LogP contribution in [0.25, 0.3) is 0 Å². The number of likely N-dealkylation sites (N-methyl/N-ethyl adjacent to an activating group) is 1. The molecule has 23 heavy (non-hydrogen) atoms. The van der Waals surface area contributed by atoms with Gasteiger partial charge in [-0.2, -0.15) is 0 Å². The lowest BCUT2D eigenvalue weighted by Crippen LogP contribution is -2.48. The highest BCUT2D eigenvalue weighted by atomic mass is 32.2. The van der Waals surface area contributed by atoms with Crippen molar-refractivity contribution in [2.45, 2.75) is 30.7 Å². The number of hydrogen-bond acceptors (Lipinski definition) is 4. The Labute approximate surface area is 141 Å². The predicted molar refractivity (Wildman–Crippen MR) is 91.7 cm³/mol. The number of thioether (sulfide) groups is 1. The number of carboxylic acids is 1. The van der Waals surface area contributed by atoms with Crippen LogP contribution in [-0.2, 0) is 9.59 Å². The van der Waals surface area contributed by atoms with Crippen LogP contribution in [0.5, 0.6) is 0 Å². The molecule has 0 unspecified atom stereocenters. The van der Waals surface area contributed by atoms with Crippen molar-refractivity contribution >= 4 is 23.6 Å². The maximum Gasteiger partial charge on any atom is 0.317 e. The van der Waals surface area contributed by atoms with Gasteiger partial charge in [0.1, 0.15) is 0 Å². The highest BCUT2D eigenvalue weighted by molar-refractivity contribution is 8.00. The smallest absolute Gasteiger partial charge is 0.317 e. The summed E-state index contributed by atoms with van der Waals surface area (Å²) in [6.45, 7) is 4.23. The highest BCUT2D eigenvalue weighted by Crippen LogP contribution is 2.20. The minimum absolute atomic E-state index is 0.0823. The summed E-state index contributed by atoms with van der Waals surface area (Å²) in [6, 6.07) is 10.2. The Kier molecular flexibility index (Phi) is 6.92. The van der Waals surface area contributed by atoms with Gasteiger partial charge < -0.3 is 10.0 Å². The number of carbonyl (C=O) groups is 2. The monoisotopic (exact) mass is 336 g/mol. The van der Waals surface area contributed by atoms with E-state index in [1.54, 1.807) is 11.8 Å². The highest BCUT2D eigenvalue weighted by Gasteiger charge is 2.27. The molecule has 0 atom stereocenters. The number of carboxylic acid groups (broad SMARTS) is 1. The first-order valence-electron chi connectivity index (χ1n) is 8.01. The van der Waals surface area contributed by atoms with Crippen LogP contribution in [-0.4, -0.2) is 64.8 Å². The molecule has 1 heterocycles. The lowest BCUT2D eigenvalue weighted by molar-refractivity contribution is -0.140. The normalized spacial score (nSPS) is 15.8. The van der Waals surface area contributed by atoms with E-state index in [0.29, 0.717) is 5.75 Å². The van der Waals surface area contributed by atoms with E-state index in [1.807, 2.05) is 47.1 Å². The largest absolute Gasteiger partial charge is 0.480 e. The van der Waals surface area contributed by atoms with Gasteiger partial charge in [-0.15, -0.1) is 11.8 Å². The van der Waals surface area contributed by atoms with Crippen molar-refractivity contribution in [2.24, 2.45) is 0 Å². The molecule has 2 rings (SSSR count). The van der Waals surface area contributed by atoms with Crippen molar-refractivity contribution in [3.05, 3.63) is 30.3 Å². The Bertz CT molecular complexity index is 516. The molecule has 1 aliphatic heterocycles. The van der Waals surface area contributed by atoms with Crippen LogP contribution >= 0.6 is 11.8 Å². The zero-order valence-electron chi connectivity index (χ0n) is 13.5. The predicted octanol–water partition coefficient (Wildman–Crippen LogP) is 2.18. The van der Waals surface area contributed by atoms with Crippen molar-refractivity contribution in [2.75, 3.05) is 31.9 Å². The summed E-state index contributed by atoms with van der Waals surface area (Å²) >= 11 is 1.56. The fraction of sp³-hybridized carbons (Fsp3) is 0.529. The number of piperidine rings is 1. The van der Waals surface area contributed by atoms with Gasteiger partial charge in [-0.3, -0.25) is 14.5 Å². The number of benzene rings is 1. The fourth-order valence-electron chi connectivity index (χ4n) is 2.91. The van der Waals surface area contributed by atoms with Crippen LogP contribution in [0, 0.1) is 0 Å². The third kappa shape index (κ3) is 5.55. The molecule has 1 aromatic carbocycles. The molecule has 5 nitrogen and oxygen atoms in total. The number of hydrogen-bond donors (Lipinski definition) is 1. The molecule has 1 saturated heterocycles. The van der Waals surface area contributed by atoms with Gasteiger partial charge in [0.15, 0.2) is 0 Å². The molecule has 1 N–H and O–H groups in total. The van der Waals surface area contributed by atoms with Gasteiger partial charge in [0.2, 0.25) is 5.91 Å². The quantitative estimate of drug-likeness (QED) is 0.773. The van der Waals surface area contributed by atoms with E-state index in [9.17, 15) is 9.59 Å². The summed E-state index contributed by atoms with van der Waals surface area (Å²) in [4.78, 5) is 28.2. The summed E-state index contributed by atoms with van der Waals surface area (Å²) in [5.74, 6) is -0.162. The van der Waals surface area contributed by atoms with E-state index in [4.69, 9.17) is 5.11 Å². The summed E-state index contributed by atoms with van der Waals surface area (Å²) in [6.07, 6.45) is 1.70. The van der Waals surface area contributed by atoms with Gasteiger partial charge in [-0.1, -0.05) is 25.1 Å². The maximum atomic E-state index is 12.3. The van der Waals surface area contributed by atoms with Crippen LogP contribution in [0.2, 0.25) is 0 Å². The third-order valence-corrected chi connectivity index (χ3v) is 5.18. The molecule has 126 valence electrons. The summed E-state index contributed by atoms with van der Waals surface area (Å²) in [5, 5.41) is 8.96. The van der Waals surface area contributed by atoms with Crippen molar-refractivity contribution < 1.29 is 14.7 Å². The number of amides is 1. The summed E-state index contributed by atoms with van der Waals surface area (Å²) < 4.78 is 0. The Morgan fingerprint density at radius 3 is 2.48 bits per heavy atom.